The van der Waals surface area contributed by atoms with E-state index in [4.69, 9.17) is 19.9 Å². The SMILES string of the molecule is CC(=O)OCC1=C(C(=O)O)N2C(=O)C(NC(=O)C(N)(C(=O)OC(C)(C)C)c3ccc4c(c3)CCO4)C2SC1.[H-].[Na+]. The number of carbonyl (C=O) groups is 5. The number of hydrogen-bond donors (Lipinski definition) is 3. The summed E-state index contributed by atoms with van der Waals surface area (Å²) in [5.74, 6) is -3.83. The molecule has 3 aliphatic rings. The minimum atomic E-state index is -2.29. The number of fused-ring (bicyclic) bond motifs is 2. The van der Waals surface area contributed by atoms with Gasteiger partial charge in [-0.25, -0.2) is 9.59 Å². The van der Waals surface area contributed by atoms with Crippen molar-refractivity contribution in [2.24, 2.45) is 5.73 Å². The first kappa shape index (κ1) is 31.0. The predicted molar refractivity (Wildman–Crippen MR) is 135 cm³/mol. The first-order valence-corrected chi connectivity index (χ1v) is 12.9. The zero-order valence-electron chi connectivity index (χ0n) is 23.4. The molecular weight excluding hydrogens is 541 g/mol. The summed E-state index contributed by atoms with van der Waals surface area (Å²) >= 11 is 1.19. The molecule has 3 aliphatic heterocycles. The molecule has 1 saturated heterocycles. The van der Waals surface area contributed by atoms with E-state index in [9.17, 15) is 29.1 Å². The number of carboxylic acid groups (broad SMARTS) is 1. The van der Waals surface area contributed by atoms with Gasteiger partial charge in [0.1, 0.15) is 35.1 Å². The van der Waals surface area contributed by atoms with Crippen LogP contribution in [0.4, 0.5) is 0 Å². The number of benzene rings is 1. The molecule has 206 valence electrons. The molecule has 1 fully saturated rings. The predicted octanol–water partition coefficient (Wildman–Crippen LogP) is -2.46. The standard InChI is InChI=1S/C25H29N3O9S.Na.H/c1-12(29)36-10-14-11-38-20-17(19(30)28(20)18(14)21(31)32)27-22(33)25(26,23(34)37-24(2,3)4)15-5-6-16-13(9-15)7-8-35-16;;/h5-6,9,17,20H,7-8,10-11,26H2,1-4H3,(H,27,33)(H,31,32);;/q;+1;-1. The number of carbonyl (C=O) groups excluding carboxylic acids is 4. The Hall–Kier alpha value is -2.58. The summed E-state index contributed by atoms with van der Waals surface area (Å²) in [7, 11) is 0. The third-order valence-corrected chi connectivity index (χ3v) is 7.55. The summed E-state index contributed by atoms with van der Waals surface area (Å²) < 4.78 is 15.9. The number of carboxylic acids is 1. The van der Waals surface area contributed by atoms with Crippen LogP contribution < -0.4 is 45.3 Å². The van der Waals surface area contributed by atoms with Gasteiger partial charge in [-0.2, -0.15) is 0 Å². The van der Waals surface area contributed by atoms with Crippen molar-refractivity contribution in [1.29, 1.82) is 0 Å². The topological polar surface area (TPSA) is 175 Å². The van der Waals surface area contributed by atoms with E-state index in [1.165, 1.54) is 24.8 Å². The molecule has 0 aromatic heterocycles. The molecule has 3 heterocycles. The van der Waals surface area contributed by atoms with Crippen LogP contribution in [0, 0.1) is 0 Å². The van der Waals surface area contributed by atoms with Crippen molar-refractivity contribution in [3.63, 3.8) is 0 Å². The third-order valence-electron chi connectivity index (χ3n) is 6.21. The first-order valence-electron chi connectivity index (χ1n) is 11.9. The van der Waals surface area contributed by atoms with E-state index in [2.05, 4.69) is 5.32 Å². The molecule has 2 amide bonds. The zero-order valence-corrected chi connectivity index (χ0v) is 25.2. The Balaban J connectivity index is 0.00000280. The van der Waals surface area contributed by atoms with Gasteiger partial charge in [-0.15, -0.1) is 11.8 Å². The summed E-state index contributed by atoms with van der Waals surface area (Å²) in [4.78, 5) is 64.2. The maximum atomic E-state index is 13.6. The number of esters is 2. The molecule has 3 unspecified atom stereocenters. The van der Waals surface area contributed by atoms with Gasteiger partial charge in [0.15, 0.2) is 0 Å². The van der Waals surface area contributed by atoms with Gasteiger partial charge in [-0.05, 0) is 44.0 Å². The Morgan fingerprint density at radius 1 is 1.28 bits per heavy atom. The number of nitrogens with zero attached hydrogens (tertiary/aromatic N) is 1. The molecule has 4 N–H and O–H groups in total. The fraction of sp³-hybridized carbons (Fsp3) is 0.480. The van der Waals surface area contributed by atoms with Gasteiger partial charge >= 0.3 is 47.5 Å². The fourth-order valence-electron chi connectivity index (χ4n) is 4.37. The van der Waals surface area contributed by atoms with Gasteiger partial charge < -0.3 is 31.8 Å². The number of β-lactam (4-membered cyclic amide) rings is 1. The van der Waals surface area contributed by atoms with Crippen molar-refractivity contribution in [1.82, 2.24) is 10.2 Å². The van der Waals surface area contributed by atoms with Crippen LogP contribution in [0.2, 0.25) is 0 Å². The quantitative estimate of drug-likeness (QED) is 0.137. The number of thioether (sulfide) groups is 1. The van der Waals surface area contributed by atoms with Gasteiger partial charge in [-0.1, -0.05) is 6.07 Å². The van der Waals surface area contributed by atoms with Crippen LogP contribution in [0.1, 0.15) is 40.2 Å². The maximum Gasteiger partial charge on any atom is 1.00 e. The second kappa shape index (κ2) is 11.5. The van der Waals surface area contributed by atoms with Crippen molar-refractivity contribution in [2.75, 3.05) is 19.0 Å². The van der Waals surface area contributed by atoms with Gasteiger partial charge in [0.2, 0.25) is 5.54 Å². The van der Waals surface area contributed by atoms with Crippen LogP contribution in [0.15, 0.2) is 29.5 Å². The van der Waals surface area contributed by atoms with Crippen LogP contribution >= 0.6 is 11.8 Å². The molecular formula is C25H30N3NaO9S. The molecule has 0 saturated carbocycles. The molecule has 4 rings (SSSR count). The summed E-state index contributed by atoms with van der Waals surface area (Å²) in [5, 5.41) is 11.5. The average Bonchev–Trinajstić information content (AvgIpc) is 3.31. The first-order chi connectivity index (χ1) is 17.7. The largest absolute Gasteiger partial charge is 1.00 e. The summed E-state index contributed by atoms with van der Waals surface area (Å²) in [6, 6.07) is 3.60. The Morgan fingerprint density at radius 3 is 2.59 bits per heavy atom. The number of hydrogen-bond acceptors (Lipinski definition) is 10. The van der Waals surface area contributed by atoms with Gasteiger partial charge in [0.05, 0.1) is 6.61 Å². The molecule has 1 aromatic rings. The summed E-state index contributed by atoms with van der Waals surface area (Å²) in [6.45, 7) is 6.29. The van der Waals surface area contributed by atoms with E-state index in [1.807, 2.05) is 0 Å². The van der Waals surface area contributed by atoms with E-state index >= 15 is 0 Å². The number of ether oxygens (including phenoxy) is 3. The third kappa shape index (κ3) is 5.97. The Morgan fingerprint density at radius 2 is 1.97 bits per heavy atom. The summed E-state index contributed by atoms with van der Waals surface area (Å²) in [6.07, 6.45) is 0.573. The van der Waals surface area contributed by atoms with Crippen LogP contribution in [0.3, 0.4) is 0 Å². The minimum Gasteiger partial charge on any atom is -1.00 e. The Bertz CT molecular complexity index is 1270. The van der Waals surface area contributed by atoms with Crippen LogP contribution in [0.5, 0.6) is 5.75 Å². The van der Waals surface area contributed by atoms with Crippen LogP contribution in [0.25, 0.3) is 0 Å². The molecule has 3 atom stereocenters. The maximum absolute atomic E-state index is 13.6. The van der Waals surface area contributed by atoms with Gasteiger partial charge in [-0.3, -0.25) is 19.3 Å². The van der Waals surface area contributed by atoms with Crippen molar-refractivity contribution in [2.45, 2.75) is 56.7 Å². The van der Waals surface area contributed by atoms with E-state index in [0.717, 1.165) is 10.5 Å². The second-order valence-corrected chi connectivity index (χ2v) is 11.2. The zero-order chi connectivity index (χ0) is 28.0. The van der Waals surface area contributed by atoms with Crippen LogP contribution in [-0.4, -0.2) is 75.7 Å². The average molecular weight is 572 g/mol. The van der Waals surface area contributed by atoms with Crippen LogP contribution in [-0.2, 0) is 45.4 Å². The van der Waals surface area contributed by atoms with Crippen molar-refractivity contribution in [3.8, 4) is 5.75 Å². The molecule has 14 heteroatoms. The van der Waals surface area contributed by atoms with E-state index in [0.29, 0.717) is 18.8 Å². The van der Waals surface area contributed by atoms with Crippen molar-refractivity contribution >= 4 is 41.5 Å². The van der Waals surface area contributed by atoms with Crippen molar-refractivity contribution in [3.05, 3.63) is 40.6 Å². The number of amides is 2. The minimum absolute atomic E-state index is 0. The second-order valence-electron chi connectivity index (χ2n) is 10.1. The molecule has 0 aliphatic carbocycles. The summed E-state index contributed by atoms with van der Waals surface area (Å²) in [5.41, 5.74) is 4.16. The molecule has 0 spiro atoms. The van der Waals surface area contributed by atoms with Crippen molar-refractivity contribution < 1.29 is 74.3 Å². The number of rotatable bonds is 7. The monoisotopic (exact) mass is 571 g/mol. The van der Waals surface area contributed by atoms with Gasteiger partial charge in [0, 0.05) is 24.7 Å². The molecule has 39 heavy (non-hydrogen) atoms. The fourth-order valence-corrected chi connectivity index (χ4v) is 5.70. The molecule has 0 bridgehead atoms. The normalized spacial score (nSPS) is 21.3. The van der Waals surface area contributed by atoms with E-state index in [1.54, 1.807) is 32.9 Å². The molecule has 0 radical (unpaired) electrons. The Labute approximate surface area is 252 Å². The van der Waals surface area contributed by atoms with E-state index in [-0.39, 0.29) is 60.2 Å². The molecule has 12 nitrogen and oxygen atoms in total. The Kier molecular flexibility index (Phi) is 9.12. The number of nitrogens with one attached hydrogen (secondary N) is 1. The van der Waals surface area contributed by atoms with E-state index < -0.39 is 52.3 Å². The number of aliphatic carboxylic acids is 1. The smallest absolute Gasteiger partial charge is 1.00 e. The molecule has 1 aromatic carbocycles. The van der Waals surface area contributed by atoms with Gasteiger partial charge in [0.25, 0.3) is 11.8 Å². The number of nitrogens with two attached hydrogens (primary N) is 1.